The van der Waals surface area contributed by atoms with Gasteiger partial charge >= 0.3 is 0 Å². The zero-order chi connectivity index (χ0) is 13.8. The smallest absolute Gasteiger partial charge is 0.140 e. The first-order valence-corrected chi connectivity index (χ1v) is 6.81. The maximum atomic E-state index is 5.19. The molecule has 0 unspecified atom stereocenters. The summed E-state index contributed by atoms with van der Waals surface area (Å²) in [7, 11) is 3.55. The average molecular weight is 325 g/mol. The fourth-order valence-corrected chi connectivity index (χ4v) is 2.52. The number of nitrogens with zero attached hydrogens (tertiary/aromatic N) is 3. The van der Waals surface area contributed by atoms with Crippen LogP contribution in [0.4, 0.5) is 0 Å². The summed E-state index contributed by atoms with van der Waals surface area (Å²) in [5.74, 6) is 1.76. The Morgan fingerprint density at radius 2 is 2.26 bits per heavy atom. The normalized spacial score (nSPS) is 12.4. The van der Waals surface area contributed by atoms with Gasteiger partial charge in [-0.3, -0.25) is 4.68 Å². The van der Waals surface area contributed by atoms with E-state index >= 15 is 0 Å². The highest BCUT2D eigenvalue weighted by Crippen LogP contribution is 2.27. The molecule has 1 aromatic carbocycles. The minimum Gasteiger partial charge on any atom is -0.497 e. The van der Waals surface area contributed by atoms with Gasteiger partial charge in [-0.25, -0.2) is 4.98 Å². The third kappa shape index (κ3) is 3.33. The molecule has 0 fully saturated rings. The van der Waals surface area contributed by atoms with Crippen LogP contribution in [0.1, 0.15) is 24.4 Å². The van der Waals surface area contributed by atoms with Crippen molar-refractivity contribution in [1.82, 2.24) is 20.1 Å². The van der Waals surface area contributed by atoms with Crippen molar-refractivity contribution in [2.45, 2.75) is 19.5 Å². The molecular weight excluding hydrogens is 308 g/mol. The summed E-state index contributed by atoms with van der Waals surface area (Å²) >= 11 is 3.57. The van der Waals surface area contributed by atoms with Crippen LogP contribution in [-0.2, 0) is 13.6 Å². The van der Waals surface area contributed by atoms with Crippen LogP contribution in [0, 0.1) is 0 Å². The fourth-order valence-electron chi connectivity index (χ4n) is 1.82. The van der Waals surface area contributed by atoms with Gasteiger partial charge in [0.1, 0.15) is 17.9 Å². The van der Waals surface area contributed by atoms with Gasteiger partial charge in [0.2, 0.25) is 0 Å². The monoisotopic (exact) mass is 324 g/mol. The van der Waals surface area contributed by atoms with Crippen molar-refractivity contribution in [2.75, 3.05) is 7.11 Å². The number of aromatic nitrogens is 3. The van der Waals surface area contributed by atoms with E-state index in [0.717, 1.165) is 16.0 Å². The second-order valence-electron chi connectivity index (χ2n) is 4.29. The molecular formula is C13H17BrN4O. The Morgan fingerprint density at radius 3 is 2.84 bits per heavy atom. The highest BCUT2D eigenvalue weighted by atomic mass is 79.9. The predicted molar refractivity (Wildman–Crippen MR) is 77.0 cm³/mol. The van der Waals surface area contributed by atoms with E-state index in [1.165, 1.54) is 5.56 Å². The summed E-state index contributed by atoms with van der Waals surface area (Å²) < 4.78 is 7.99. The molecule has 0 amide bonds. The average Bonchev–Trinajstić information content (AvgIpc) is 2.81. The molecule has 1 aromatic heterocycles. The molecule has 19 heavy (non-hydrogen) atoms. The molecule has 6 heteroatoms. The number of methoxy groups -OCH3 is 1. The van der Waals surface area contributed by atoms with E-state index in [1.807, 2.05) is 19.2 Å². The van der Waals surface area contributed by atoms with Gasteiger partial charge < -0.3 is 10.1 Å². The van der Waals surface area contributed by atoms with Crippen LogP contribution in [0.5, 0.6) is 5.75 Å². The first kappa shape index (κ1) is 14.0. The molecule has 0 saturated heterocycles. The number of hydrogen-bond donors (Lipinski definition) is 1. The summed E-state index contributed by atoms with van der Waals surface area (Å²) in [4.78, 5) is 4.19. The number of aryl methyl sites for hydroxylation is 1. The molecule has 2 rings (SSSR count). The van der Waals surface area contributed by atoms with Gasteiger partial charge in [0.05, 0.1) is 13.7 Å². The van der Waals surface area contributed by atoms with E-state index in [-0.39, 0.29) is 6.04 Å². The number of benzene rings is 1. The molecule has 0 aliphatic carbocycles. The second kappa shape index (κ2) is 6.16. The lowest BCUT2D eigenvalue weighted by atomic mass is 10.1. The molecule has 5 nitrogen and oxygen atoms in total. The first-order chi connectivity index (χ1) is 9.11. The quantitative estimate of drug-likeness (QED) is 0.917. The van der Waals surface area contributed by atoms with E-state index in [2.05, 4.69) is 44.3 Å². The van der Waals surface area contributed by atoms with Gasteiger partial charge in [-0.2, -0.15) is 5.10 Å². The fraction of sp³-hybridized carbons (Fsp3) is 0.385. The molecule has 1 atom stereocenters. The van der Waals surface area contributed by atoms with Crippen molar-refractivity contribution in [3.05, 3.63) is 40.4 Å². The van der Waals surface area contributed by atoms with E-state index in [1.54, 1.807) is 18.1 Å². The molecule has 102 valence electrons. The van der Waals surface area contributed by atoms with Crippen molar-refractivity contribution in [2.24, 2.45) is 7.05 Å². The Labute approximate surface area is 121 Å². The minimum absolute atomic E-state index is 0.206. The highest BCUT2D eigenvalue weighted by molar-refractivity contribution is 9.10. The van der Waals surface area contributed by atoms with E-state index in [0.29, 0.717) is 6.54 Å². The van der Waals surface area contributed by atoms with E-state index in [4.69, 9.17) is 4.74 Å². The van der Waals surface area contributed by atoms with Crippen LogP contribution < -0.4 is 10.1 Å². The molecule has 0 saturated carbocycles. The van der Waals surface area contributed by atoms with Crippen LogP contribution in [0.3, 0.4) is 0 Å². The van der Waals surface area contributed by atoms with Crippen molar-refractivity contribution in [1.29, 1.82) is 0 Å². The number of rotatable bonds is 5. The van der Waals surface area contributed by atoms with Crippen molar-refractivity contribution < 1.29 is 4.74 Å². The van der Waals surface area contributed by atoms with Crippen LogP contribution in [0.2, 0.25) is 0 Å². The molecule has 1 N–H and O–H groups in total. The molecule has 0 bridgehead atoms. The van der Waals surface area contributed by atoms with Gasteiger partial charge in [-0.15, -0.1) is 0 Å². The second-order valence-corrected chi connectivity index (χ2v) is 5.14. The summed E-state index contributed by atoms with van der Waals surface area (Å²) in [6.45, 7) is 2.79. The van der Waals surface area contributed by atoms with Crippen LogP contribution in [0.25, 0.3) is 0 Å². The molecule has 0 radical (unpaired) electrons. The van der Waals surface area contributed by atoms with Crippen LogP contribution >= 0.6 is 15.9 Å². The SMILES string of the molecule is COc1ccc([C@@H](C)NCc2ncnn2C)c(Br)c1. The third-order valence-corrected chi connectivity index (χ3v) is 3.73. The summed E-state index contributed by atoms with van der Waals surface area (Å²) in [5.41, 5.74) is 1.18. The molecule has 2 aromatic rings. The maximum Gasteiger partial charge on any atom is 0.140 e. The first-order valence-electron chi connectivity index (χ1n) is 6.01. The minimum atomic E-state index is 0.206. The Kier molecular flexibility index (Phi) is 4.55. The van der Waals surface area contributed by atoms with E-state index in [9.17, 15) is 0 Å². The van der Waals surface area contributed by atoms with Gasteiger partial charge in [0.15, 0.2) is 0 Å². The number of ether oxygens (including phenoxy) is 1. The maximum absolute atomic E-state index is 5.19. The van der Waals surface area contributed by atoms with Crippen molar-refractivity contribution >= 4 is 15.9 Å². The summed E-state index contributed by atoms with van der Waals surface area (Å²) in [6, 6.07) is 6.19. The van der Waals surface area contributed by atoms with Crippen LogP contribution in [-0.4, -0.2) is 21.9 Å². The summed E-state index contributed by atoms with van der Waals surface area (Å²) in [5, 5.41) is 7.47. The highest BCUT2D eigenvalue weighted by Gasteiger charge is 2.11. The van der Waals surface area contributed by atoms with Gasteiger partial charge in [0.25, 0.3) is 0 Å². The Hall–Kier alpha value is -1.40. The van der Waals surface area contributed by atoms with Crippen molar-refractivity contribution in [3.8, 4) is 5.75 Å². The molecule has 0 spiro atoms. The van der Waals surface area contributed by atoms with Gasteiger partial charge in [0, 0.05) is 17.6 Å². The standard InChI is InChI=1S/C13H17BrN4O/c1-9(15-7-13-16-8-17-18(13)2)11-5-4-10(19-3)6-12(11)14/h4-6,8-9,15H,7H2,1-3H3/t9-/m1/s1. The van der Waals surface area contributed by atoms with Gasteiger partial charge in [-0.1, -0.05) is 22.0 Å². The lowest BCUT2D eigenvalue weighted by Gasteiger charge is -2.16. The largest absolute Gasteiger partial charge is 0.497 e. The zero-order valence-corrected chi connectivity index (χ0v) is 12.8. The molecule has 0 aliphatic rings. The Balaban J connectivity index is 2.03. The van der Waals surface area contributed by atoms with Crippen molar-refractivity contribution in [3.63, 3.8) is 0 Å². The number of nitrogens with one attached hydrogen (secondary N) is 1. The zero-order valence-electron chi connectivity index (χ0n) is 11.2. The van der Waals surface area contributed by atoms with Gasteiger partial charge in [-0.05, 0) is 24.6 Å². The van der Waals surface area contributed by atoms with Crippen LogP contribution in [0.15, 0.2) is 29.0 Å². The topological polar surface area (TPSA) is 52.0 Å². The number of halogens is 1. The third-order valence-electron chi connectivity index (χ3n) is 3.05. The Morgan fingerprint density at radius 1 is 1.47 bits per heavy atom. The Bertz CT molecular complexity index is 555. The predicted octanol–water partition coefficient (Wildman–Crippen LogP) is 2.44. The lowest BCUT2D eigenvalue weighted by molar-refractivity contribution is 0.414. The summed E-state index contributed by atoms with van der Waals surface area (Å²) in [6.07, 6.45) is 1.56. The van der Waals surface area contributed by atoms with E-state index < -0.39 is 0 Å². The number of hydrogen-bond acceptors (Lipinski definition) is 4. The molecule has 1 heterocycles. The molecule has 0 aliphatic heterocycles. The lowest BCUT2D eigenvalue weighted by Crippen LogP contribution is -2.20.